The van der Waals surface area contributed by atoms with E-state index in [-0.39, 0.29) is 0 Å². The Balaban J connectivity index is 2.32. The molecule has 0 fully saturated rings. The zero-order valence-corrected chi connectivity index (χ0v) is 12.3. The smallest absolute Gasteiger partial charge is 0.227 e. The minimum Gasteiger partial charge on any atom is -0.439 e. The third-order valence-corrected chi connectivity index (χ3v) is 3.16. The topological polar surface area (TPSA) is 47.0 Å². The van der Waals surface area contributed by atoms with E-state index in [1.54, 1.807) is 0 Å². The molecule has 0 saturated carbocycles. The summed E-state index contributed by atoms with van der Waals surface area (Å²) in [6, 6.07) is 8.11. The fourth-order valence-corrected chi connectivity index (χ4v) is 2.12. The molecule has 0 aliphatic carbocycles. The maximum atomic E-state index is 5.96. The van der Waals surface area contributed by atoms with Gasteiger partial charge in [-0.15, -0.1) is 0 Å². The Bertz CT molecular complexity index is 569. The molecular formula is C16H21N3O. The van der Waals surface area contributed by atoms with E-state index in [1.807, 2.05) is 19.2 Å². The van der Waals surface area contributed by atoms with Crippen molar-refractivity contribution in [2.75, 3.05) is 12.4 Å². The van der Waals surface area contributed by atoms with Crippen molar-refractivity contribution in [1.82, 2.24) is 9.97 Å². The van der Waals surface area contributed by atoms with Crippen LogP contribution in [0.2, 0.25) is 0 Å². The molecule has 1 heterocycles. The number of aryl methyl sites for hydroxylation is 1. The fraction of sp³-hybridized carbons (Fsp3) is 0.375. The number of aromatic nitrogens is 2. The van der Waals surface area contributed by atoms with Crippen LogP contribution in [0, 0.1) is 0 Å². The lowest BCUT2D eigenvalue weighted by Gasteiger charge is -2.13. The van der Waals surface area contributed by atoms with E-state index in [0.29, 0.717) is 5.88 Å². The van der Waals surface area contributed by atoms with E-state index >= 15 is 0 Å². The highest BCUT2D eigenvalue weighted by atomic mass is 16.5. The molecule has 0 unspecified atom stereocenters. The molecular weight excluding hydrogens is 250 g/mol. The van der Waals surface area contributed by atoms with Gasteiger partial charge in [0.1, 0.15) is 17.9 Å². The molecule has 1 N–H and O–H groups in total. The van der Waals surface area contributed by atoms with Gasteiger partial charge in [-0.3, -0.25) is 0 Å². The van der Waals surface area contributed by atoms with Gasteiger partial charge in [-0.25, -0.2) is 9.97 Å². The summed E-state index contributed by atoms with van der Waals surface area (Å²) in [6.07, 6.45) is 4.43. The number of hydrogen-bond acceptors (Lipinski definition) is 4. The zero-order chi connectivity index (χ0) is 14.4. The van der Waals surface area contributed by atoms with Crippen molar-refractivity contribution >= 4 is 5.82 Å². The minimum absolute atomic E-state index is 0.638. The number of benzene rings is 1. The number of nitrogens with zero attached hydrogens (tertiary/aromatic N) is 2. The van der Waals surface area contributed by atoms with Gasteiger partial charge in [0.25, 0.3) is 0 Å². The van der Waals surface area contributed by atoms with Crippen LogP contribution in [0.3, 0.4) is 0 Å². The molecule has 0 aliphatic rings. The van der Waals surface area contributed by atoms with Crippen molar-refractivity contribution in [1.29, 1.82) is 0 Å². The van der Waals surface area contributed by atoms with Gasteiger partial charge in [-0.1, -0.05) is 32.4 Å². The molecule has 106 valence electrons. The lowest BCUT2D eigenvalue weighted by molar-refractivity contribution is 0.454. The molecule has 4 heteroatoms. The summed E-state index contributed by atoms with van der Waals surface area (Å²) < 4.78 is 5.96. The monoisotopic (exact) mass is 271 g/mol. The lowest BCUT2D eigenvalue weighted by atomic mass is 10.1. The molecule has 0 atom stereocenters. The second kappa shape index (κ2) is 6.89. The van der Waals surface area contributed by atoms with Crippen LogP contribution in [0.4, 0.5) is 5.82 Å². The van der Waals surface area contributed by atoms with E-state index in [4.69, 9.17) is 4.74 Å². The predicted molar refractivity (Wildman–Crippen MR) is 81.5 cm³/mol. The van der Waals surface area contributed by atoms with Crippen LogP contribution >= 0.6 is 0 Å². The standard InChI is InChI=1S/C16H21N3O/c1-4-7-14-15(17-3)18-11-19-16(14)20-13-9-6-8-12(5-2)10-13/h6,8-11H,4-5,7H2,1-3H3,(H,17,18,19). The van der Waals surface area contributed by atoms with E-state index in [1.165, 1.54) is 11.9 Å². The molecule has 20 heavy (non-hydrogen) atoms. The Labute approximate surface area is 120 Å². The summed E-state index contributed by atoms with van der Waals surface area (Å²) in [5.74, 6) is 2.30. The normalized spacial score (nSPS) is 10.3. The quantitative estimate of drug-likeness (QED) is 0.867. The molecule has 0 bridgehead atoms. The van der Waals surface area contributed by atoms with Crippen LogP contribution in [0.25, 0.3) is 0 Å². The summed E-state index contributed by atoms with van der Waals surface area (Å²) >= 11 is 0. The highest BCUT2D eigenvalue weighted by Gasteiger charge is 2.12. The average molecular weight is 271 g/mol. The van der Waals surface area contributed by atoms with Gasteiger partial charge in [0.15, 0.2) is 0 Å². The highest BCUT2D eigenvalue weighted by molar-refractivity contribution is 5.49. The molecule has 1 aromatic heterocycles. The molecule has 0 radical (unpaired) electrons. The first-order chi connectivity index (χ1) is 9.78. The van der Waals surface area contributed by atoms with Crippen molar-refractivity contribution in [3.8, 4) is 11.6 Å². The first kappa shape index (κ1) is 14.3. The largest absolute Gasteiger partial charge is 0.439 e. The number of anilines is 1. The van der Waals surface area contributed by atoms with E-state index in [2.05, 4.69) is 41.3 Å². The van der Waals surface area contributed by atoms with Crippen molar-refractivity contribution in [2.24, 2.45) is 0 Å². The number of ether oxygens (including phenoxy) is 1. The maximum Gasteiger partial charge on any atom is 0.227 e. The third kappa shape index (κ3) is 3.26. The molecule has 0 saturated heterocycles. The van der Waals surface area contributed by atoms with E-state index in [9.17, 15) is 0 Å². The highest BCUT2D eigenvalue weighted by Crippen LogP contribution is 2.28. The van der Waals surface area contributed by atoms with Crippen LogP contribution in [0.5, 0.6) is 11.6 Å². The second-order valence-electron chi connectivity index (χ2n) is 4.61. The Morgan fingerprint density at radius 3 is 2.75 bits per heavy atom. The van der Waals surface area contributed by atoms with Crippen LogP contribution in [-0.2, 0) is 12.8 Å². The van der Waals surface area contributed by atoms with E-state index < -0.39 is 0 Å². The van der Waals surface area contributed by atoms with Crippen LogP contribution < -0.4 is 10.1 Å². The molecule has 0 aliphatic heterocycles. The van der Waals surface area contributed by atoms with Crippen LogP contribution in [-0.4, -0.2) is 17.0 Å². The average Bonchev–Trinajstić information content (AvgIpc) is 2.49. The number of hydrogen-bond donors (Lipinski definition) is 1. The van der Waals surface area contributed by atoms with Crippen molar-refractivity contribution < 1.29 is 4.74 Å². The van der Waals surface area contributed by atoms with Crippen LogP contribution in [0.15, 0.2) is 30.6 Å². The number of rotatable bonds is 6. The minimum atomic E-state index is 0.638. The molecule has 0 spiro atoms. The SMILES string of the molecule is CCCc1c(NC)ncnc1Oc1cccc(CC)c1. The van der Waals surface area contributed by atoms with Gasteiger partial charge in [-0.2, -0.15) is 0 Å². The summed E-state index contributed by atoms with van der Waals surface area (Å²) in [5.41, 5.74) is 2.28. The first-order valence-electron chi connectivity index (χ1n) is 7.06. The van der Waals surface area contributed by atoms with Crippen molar-refractivity contribution in [2.45, 2.75) is 33.1 Å². The Kier molecular flexibility index (Phi) is 4.93. The zero-order valence-electron chi connectivity index (χ0n) is 12.3. The lowest BCUT2D eigenvalue weighted by Crippen LogP contribution is -2.03. The summed E-state index contributed by atoms with van der Waals surface area (Å²) in [7, 11) is 1.86. The van der Waals surface area contributed by atoms with E-state index in [0.717, 1.165) is 36.4 Å². The molecule has 0 amide bonds. The van der Waals surface area contributed by atoms with Gasteiger partial charge in [-0.05, 0) is 30.5 Å². The Hall–Kier alpha value is -2.10. The molecule has 2 rings (SSSR count). The maximum absolute atomic E-state index is 5.96. The second-order valence-corrected chi connectivity index (χ2v) is 4.61. The van der Waals surface area contributed by atoms with Gasteiger partial charge >= 0.3 is 0 Å². The fourth-order valence-electron chi connectivity index (χ4n) is 2.12. The summed E-state index contributed by atoms with van der Waals surface area (Å²) in [6.45, 7) is 4.26. The number of nitrogens with one attached hydrogen (secondary N) is 1. The van der Waals surface area contributed by atoms with Gasteiger partial charge in [0, 0.05) is 7.05 Å². The van der Waals surface area contributed by atoms with Gasteiger partial charge in [0.05, 0.1) is 5.56 Å². The Morgan fingerprint density at radius 1 is 1.20 bits per heavy atom. The predicted octanol–water partition coefficient (Wildman–Crippen LogP) is 3.83. The van der Waals surface area contributed by atoms with Gasteiger partial charge in [0.2, 0.25) is 5.88 Å². The first-order valence-corrected chi connectivity index (χ1v) is 7.06. The molecule has 2 aromatic rings. The third-order valence-electron chi connectivity index (χ3n) is 3.16. The molecule has 1 aromatic carbocycles. The van der Waals surface area contributed by atoms with Crippen molar-refractivity contribution in [3.63, 3.8) is 0 Å². The van der Waals surface area contributed by atoms with Crippen LogP contribution in [0.1, 0.15) is 31.4 Å². The summed E-state index contributed by atoms with van der Waals surface area (Å²) in [4.78, 5) is 8.53. The van der Waals surface area contributed by atoms with Gasteiger partial charge < -0.3 is 10.1 Å². The molecule has 4 nitrogen and oxygen atoms in total. The Morgan fingerprint density at radius 2 is 2.05 bits per heavy atom. The van der Waals surface area contributed by atoms with Crippen molar-refractivity contribution in [3.05, 3.63) is 41.7 Å². The summed E-state index contributed by atoms with van der Waals surface area (Å²) in [5, 5.41) is 3.10.